The van der Waals surface area contributed by atoms with Crippen LogP contribution in [0.2, 0.25) is 0 Å². The smallest absolute Gasteiger partial charge is 0.136 e. The van der Waals surface area contributed by atoms with E-state index >= 15 is 0 Å². The van der Waals surface area contributed by atoms with E-state index in [1.165, 1.54) is 11.8 Å². The normalized spacial score (nSPS) is 23.9. The maximum Gasteiger partial charge on any atom is 0.136 e. The molecule has 0 radical (unpaired) electrons. The average molecular weight is 423 g/mol. The Kier molecular flexibility index (Phi) is 7.56. The van der Waals surface area contributed by atoms with Crippen LogP contribution < -0.4 is 0 Å². The van der Waals surface area contributed by atoms with Gasteiger partial charge < -0.3 is 19.3 Å². The first-order chi connectivity index (χ1) is 14.8. The van der Waals surface area contributed by atoms with Crippen molar-refractivity contribution < 1.29 is 19.3 Å². The van der Waals surface area contributed by atoms with Gasteiger partial charge in [0, 0.05) is 4.90 Å². The molecule has 3 aromatic carbocycles. The van der Waals surface area contributed by atoms with Crippen molar-refractivity contribution in [2.24, 2.45) is 0 Å². The molecule has 4 rings (SSSR count). The summed E-state index contributed by atoms with van der Waals surface area (Å²) in [5.41, 5.74) is 1.73. The van der Waals surface area contributed by atoms with Crippen molar-refractivity contribution in [3.05, 3.63) is 102 Å². The molecule has 0 bridgehead atoms. The van der Waals surface area contributed by atoms with Gasteiger partial charge >= 0.3 is 0 Å². The summed E-state index contributed by atoms with van der Waals surface area (Å²) in [6.45, 7) is 1.23. The van der Waals surface area contributed by atoms with Gasteiger partial charge in [-0.1, -0.05) is 90.6 Å². The van der Waals surface area contributed by atoms with Gasteiger partial charge in [-0.25, -0.2) is 0 Å². The third-order valence-electron chi connectivity index (χ3n) is 4.99. The standard InChI is InChI=1S/C25H26O4S/c26-23-24(28-17-20-12-6-2-7-13-20)22(27-16-19-10-4-1-5-11-19)18-29-25(23)30-21-14-8-3-9-15-21/h1-15,22-26H,16-18H2. The van der Waals surface area contributed by atoms with Gasteiger partial charge in [0.15, 0.2) is 0 Å². The lowest BCUT2D eigenvalue weighted by Gasteiger charge is -2.39. The molecule has 3 aromatic rings. The maximum absolute atomic E-state index is 11.1. The molecule has 1 heterocycles. The van der Waals surface area contributed by atoms with E-state index in [1.54, 1.807) is 0 Å². The topological polar surface area (TPSA) is 47.9 Å². The summed E-state index contributed by atoms with van der Waals surface area (Å²) in [6, 6.07) is 29.9. The molecule has 1 aliphatic heterocycles. The number of thioether (sulfide) groups is 1. The van der Waals surface area contributed by atoms with Crippen molar-refractivity contribution in [3.63, 3.8) is 0 Å². The van der Waals surface area contributed by atoms with Crippen molar-refractivity contribution >= 4 is 11.8 Å². The summed E-state index contributed by atoms with van der Waals surface area (Å²) in [6.07, 6.45) is -1.64. The van der Waals surface area contributed by atoms with E-state index in [2.05, 4.69) is 0 Å². The first-order valence-corrected chi connectivity index (χ1v) is 11.0. The highest BCUT2D eigenvalue weighted by atomic mass is 32.2. The molecule has 4 atom stereocenters. The third-order valence-corrected chi connectivity index (χ3v) is 6.19. The van der Waals surface area contributed by atoms with Crippen LogP contribution in [0.5, 0.6) is 0 Å². The average Bonchev–Trinajstić information content (AvgIpc) is 2.81. The van der Waals surface area contributed by atoms with Crippen LogP contribution in [-0.4, -0.2) is 35.5 Å². The van der Waals surface area contributed by atoms with E-state index in [1.807, 2.05) is 91.0 Å². The minimum Gasteiger partial charge on any atom is -0.387 e. The molecule has 0 spiro atoms. The van der Waals surface area contributed by atoms with Gasteiger partial charge in [-0.3, -0.25) is 0 Å². The minimum atomic E-state index is -0.812. The van der Waals surface area contributed by atoms with Crippen LogP contribution in [0.3, 0.4) is 0 Å². The molecule has 1 fully saturated rings. The molecule has 4 unspecified atom stereocenters. The first kappa shape index (κ1) is 21.1. The predicted octanol–water partition coefficient (Wildman–Crippen LogP) is 4.67. The molecule has 0 amide bonds. The Balaban J connectivity index is 1.44. The van der Waals surface area contributed by atoms with Crippen LogP contribution in [-0.2, 0) is 27.4 Å². The van der Waals surface area contributed by atoms with Gasteiger partial charge in [-0.05, 0) is 23.3 Å². The number of rotatable bonds is 8. The zero-order valence-electron chi connectivity index (χ0n) is 16.7. The summed E-state index contributed by atoms with van der Waals surface area (Å²) in [4.78, 5) is 1.05. The van der Waals surface area contributed by atoms with E-state index in [0.29, 0.717) is 19.8 Å². The van der Waals surface area contributed by atoms with Crippen LogP contribution >= 0.6 is 11.8 Å². The van der Waals surface area contributed by atoms with Crippen LogP contribution in [0.4, 0.5) is 0 Å². The summed E-state index contributed by atoms with van der Waals surface area (Å²) >= 11 is 1.51. The van der Waals surface area contributed by atoms with Crippen LogP contribution in [0, 0.1) is 0 Å². The SMILES string of the molecule is OC1C(Sc2ccccc2)OCC(OCc2ccccc2)C1OCc1ccccc1. The predicted molar refractivity (Wildman–Crippen MR) is 118 cm³/mol. The lowest BCUT2D eigenvalue weighted by Crippen LogP contribution is -2.53. The Bertz CT molecular complexity index is 873. The van der Waals surface area contributed by atoms with Gasteiger partial charge in [0.2, 0.25) is 0 Å². The first-order valence-electron chi connectivity index (χ1n) is 10.1. The van der Waals surface area contributed by atoms with Crippen molar-refractivity contribution in [3.8, 4) is 0 Å². The summed E-state index contributed by atoms with van der Waals surface area (Å²) in [7, 11) is 0. The monoisotopic (exact) mass is 422 g/mol. The van der Waals surface area contributed by atoms with E-state index in [-0.39, 0.29) is 6.10 Å². The molecule has 30 heavy (non-hydrogen) atoms. The molecule has 0 saturated carbocycles. The number of hydrogen-bond donors (Lipinski definition) is 1. The second-order valence-corrected chi connectivity index (χ2v) is 8.39. The number of aliphatic hydroxyl groups is 1. The Hall–Kier alpha value is -2.15. The lowest BCUT2D eigenvalue weighted by molar-refractivity contribution is -0.204. The van der Waals surface area contributed by atoms with E-state index in [9.17, 15) is 5.11 Å². The second kappa shape index (κ2) is 10.8. The van der Waals surface area contributed by atoms with Crippen molar-refractivity contribution in [2.75, 3.05) is 6.61 Å². The molecule has 156 valence electrons. The molecule has 5 heteroatoms. The number of aliphatic hydroxyl groups excluding tert-OH is 1. The Morgan fingerprint density at radius 3 is 1.90 bits per heavy atom. The fraction of sp³-hybridized carbons (Fsp3) is 0.280. The molecule has 0 aromatic heterocycles. The fourth-order valence-corrected chi connectivity index (χ4v) is 4.41. The number of hydrogen-bond acceptors (Lipinski definition) is 5. The highest BCUT2D eigenvalue weighted by Crippen LogP contribution is 2.33. The van der Waals surface area contributed by atoms with Gasteiger partial charge in [0.1, 0.15) is 23.7 Å². The van der Waals surface area contributed by atoms with Gasteiger partial charge in [-0.15, -0.1) is 0 Å². The Labute approximate surface area is 181 Å². The molecule has 1 saturated heterocycles. The molecular formula is C25H26O4S. The van der Waals surface area contributed by atoms with Gasteiger partial charge in [0.05, 0.1) is 19.8 Å². The van der Waals surface area contributed by atoms with Gasteiger partial charge in [0.25, 0.3) is 0 Å². The Morgan fingerprint density at radius 2 is 1.30 bits per heavy atom. The van der Waals surface area contributed by atoms with E-state index in [0.717, 1.165) is 16.0 Å². The third kappa shape index (κ3) is 5.72. The molecule has 0 aliphatic carbocycles. The summed E-state index contributed by atoms with van der Waals surface area (Å²) in [5, 5.41) is 11.1. The number of benzene rings is 3. The number of ether oxygens (including phenoxy) is 3. The zero-order valence-corrected chi connectivity index (χ0v) is 17.5. The highest BCUT2D eigenvalue weighted by Gasteiger charge is 2.41. The Morgan fingerprint density at radius 1 is 0.767 bits per heavy atom. The molecule has 1 N–H and O–H groups in total. The van der Waals surface area contributed by atoms with Gasteiger partial charge in [-0.2, -0.15) is 0 Å². The summed E-state index contributed by atoms with van der Waals surface area (Å²) < 4.78 is 18.3. The zero-order chi connectivity index (χ0) is 20.6. The maximum atomic E-state index is 11.1. The largest absolute Gasteiger partial charge is 0.387 e. The van der Waals surface area contributed by atoms with E-state index in [4.69, 9.17) is 14.2 Å². The molecule has 1 aliphatic rings. The fourth-order valence-electron chi connectivity index (χ4n) is 3.39. The summed E-state index contributed by atoms with van der Waals surface area (Å²) in [5.74, 6) is 0. The van der Waals surface area contributed by atoms with Crippen molar-refractivity contribution in [2.45, 2.75) is 41.9 Å². The highest BCUT2D eigenvalue weighted by molar-refractivity contribution is 7.99. The molecule has 4 nitrogen and oxygen atoms in total. The minimum absolute atomic E-state index is 0.350. The lowest BCUT2D eigenvalue weighted by atomic mass is 10.1. The van der Waals surface area contributed by atoms with E-state index < -0.39 is 17.6 Å². The van der Waals surface area contributed by atoms with Crippen LogP contribution in [0.1, 0.15) is 11.1 Å². The quantitative estimate of drug-likeness (QED) is 0.572. The molecular weight excluding hydrogens is 396 g/mol. The van der Waals surface area contributed by atoms with Crippen molar-refractivity contribution in [1.29, 1.82) is 0 Å². The van der Waals surface area contributed by atoms with Crippen molar-refractivity contribution in [1.82, 2.24) is 0 Å². The second-order valence-electron chi connectivity index (χ2n) is 7.22. The van der Waals surface area contributed by atoms with Crippen LogP contribution in [0.15, 0.2) is 95.9 Å². The van der Waals surface area contributed by atoms with Crippen LogP contribution in [0.25, 0.3) is 0 Å².